The molecule has 0 aromatic rings. The van der Waals surface area contributed by atoms with Crippen molar-refractivity contribution in [1.82, 2.24) is 5.32 Å². The van der Waals surface area contributed by atoms with Gasteiger partial charge in [0.05, 0.1) is 0 Å². The Hall–Kier alpha value is -0.530. The van der Waals surface area contributed by atoms with Crippen LogP contribution in [-0.2, 0) is 4.79 Å². The molecule has 13 heavy (non-hydrogen) atoms. The molecule has 74 valence electrons. The first kappa shape index (κ1) is 9.04. The van der Waals surface area contributed by atoms with Crippen LogP contribution < -0.4 is 5.32 Å². The molecule has 0 spiro atoms. The maximum atomic E-state index is 11.8. The second kappa shape index (κ2) is 2.28. The van der Waals surface area contributed by atoms with Crippen LogP contribution in [0.4, 0.5) is 0 Å². The van der Waals surface area contributed by atoms with Gasteiger partial charge in [0, 0.05) is 12.0 Å². The minimum Gasteiger partial charge on any atom is -0.353 e. The molecule has 0 atom stereocenters. The Morgan fingerprint density at radius 3 is 1.92 bits per heavy atom. The van der Waals surface area contributed by atoms with Crippen LogP contribution in [0.2, 0.25) is 0 Å². The van der Waals surface area contributed by atoms with Crippen LogP contribution in [0.25, 0.3) is 0 Å². The largest absolute Gasteiger partial charge is 0.353 e. The molecular formula is C11H19NO. The predicted molar refractivity (Wildman–Crippen MR) is 52.2 cm³/mol. The van der Waals surface area contributed by atoms with Crippen LogP contribution in [0.1, 0.15) is 40.5 Å². The first-order valence-electron chi connectivity index (χ1n) is 5.18. The molecule has 0 aromatic carbocycles. The van der Waals surface area contributed by atoms with Gasteiger partial charge in [-0.3, -0.25) is 4.79 Å². The quantitative estimate of drug-likeness (QED) is 0.693. The molecular weight excluding hydrogens is 162 g/mol. The Kier molecular flexibility index (Phi) is 1.59. The van der Waals surface area contributed by atoms with E-state index in [0.29, 0.717) is 6.04 Å². The van der Waals surface area contributed by atoms with Crippen LogP contribution >= 0.6 is 0 Å². The van der Waals surface area contributed by atoms with Crippen LogP contribution in [0.5, 0.6) is 0 Å². The van der Waals surface area contributed by atoms with Gasteiger partial charge in [0.25, 0.3) is 0 Å². The number of carbonyl (C=O) groups excluding carboxylic acids is 1. The van der Waals surface area contributed by atoms with E-state index in [1.807, 2.05) is 0 Å². The second-order valence-electron chi connectivity index (χ2n) is 5.66. The molecule has 2 heteroatoms. The zero-order valence-electron chi connectivity index (χ0n) is 8.98. The van der Waals surface area contributed by atoms with E-state index >= 15 is 0 Å². The fraction of sp³-hybridized carbons (Fsp3) is 0.909. The lowest BCUT2D eigenvalue weighted by atomic mass is 10.0. The van der Waals surface area contributed by atoms with Gasteiger partial charge in [0.2, 0.25) is 5.91 Å². The van der Waals surface area contributed by atoms with Crippen molar-refractivity contribution in [2.75, 3.05) is 0 Å². The van der Waals surface area contributed by atoms with E-state index in [-0.39, 0.29) is 22.7 Å². The van der Waals surface area contributed by atoms with Crippen molar-refractivity contribution in [2.24, 2.45) is 16.7 Å². The lowest BCUT2D eigenvalue weighted by Crippen LogP contribution is -2.29. The van der Waals surface area contributed by atoms with Crippen molar-refractivity contribution in [2.45, 2.75) is 46.6 Å². The summed E-state index contributed by atoms with van der Waals surface area (Å²) in [6.45, 7) is 8.74. The van der Waals surface area contributed by atoms with E-state index in [0.717, 1.165) is 0 Å². The maximum Gasteiger partial charge on any atom is 0.224 e. The third-order valence-corrected chi connectivity index (χ3v) is 4.21. The molecule has 0 bridgehead atoms. The van der Waals surface area contributed by atoms with E-state index in [2.05, 4.69) is 33.0 Å². The third kappa shape index (κ3) is 1.18. The Labute approximate surface area is 80.1 Å². The van der Waals surface area contributed by atoms with Crippen LogP contribution in [0, 0.1) is 16.7 Å². The number of hydrogen-bond acceptors (Lipinski definition) is 1. The summed E-state index contributed by atoms with van der Waals surface area (Å²) < 4.78 is 0. The van der Waals surface area contributed by atoms with Gasteiger partial charge in [-0.25, -0.2) is 0 Å². The molecule has 2 aliphatic rings. The van der Waals surface area contributed by atoms with E-state index in [9.17, 15) is 4.79 Å². The zero-order chi connectivity index (χ0) is 9.85. The SMILES string of the molecule is CC1(C)C(C(=O)NC2CC2)C1(C)C. The van der Waals surface area contributed by atoms with Gasteiger partial charge >= 0.3 is 0 Å². The maximum absolute atomic E-state index is 11.8. The third-order valence-electron chi connectivity index (χ3n) is 4.21. The van der Waals surface area contributed by atoms with Crippen molar-refractivity contribution in [3.8, 4) is 0 Å². The van der Waals surface area contributed by atoms with Crippen LogP contribution in [0.3, 0.4) is 0 Å². The molecule has 2 saturated carbocycles. The summed E-state index contributed by atoms with van der Waals surface area (Å²) in [5.74, 6) is 0.498. The number of rotatable bonds is 2. The van der Waals surface area contributed by atoms with Gasteiger partial charge in [-0.15, -0.1) is 0 Å². The summed E-state index contributed by atoms with van der Waals surface area (Å²) in [5.41, 5.74) is 0.373. The molecule has 0 saturated heterocycles. The molecule has 1 amide bonds. The summed E-state index contributed by atoms with van der Waals surface area (Å²) >= 11 is 0. The average Bonchev–Trinajstić information content (AvgIpc) is 2.75. The van der Waals surface area contributed by atoms with E-state index in [4.69, 9.17) is 0 Å². The Morgan fingerprint density at radius 1 is 1.15 bits per heavy atom. The summed E-state index contributed by atoms with van der Waals surface area (Å²) in [6.07, 6.45) is 2.36. The van der Waals surface area contributed by atoms with Crippen molar-refractivity contribution in [1.29, 1.82) is 0 Å². The highest BCUT2D eigenvalue weighted by molar-refractivity contribution is 5.84. The average molecular weight is 181 g/mol. The molecule has 2 nitrogen and oxygen atoms in total. The predicted octanol–water partition coefficient (Wildman–Crippen LogP) is 1.95. The van der Waals surface area contributed by atoms with Gasteiger partial charge in [-0.05, 0) is 23.7 Å². The minimum atomic E-state index is 0.186. The van der Waals surface area contributed by atoms with Gasteiger partial charge in [0.1, 0.15) is 0 Å². The molecule has 0 heterocycles. The first-order valence-corrected chi connectivity index (χ1v) is 5.18. The molecule has 1 N–H and O–H groups in total. The minimum absolute atomic E-state index is 0.186. The fourth-order valence-corrected chi connectivity index (χ4v) is 2.36. The molecule has 2 fully saturated rings. The summed E-state index contributed by atoms with van der Waals surface area (Å²) in [4.78, 5) is 11.8. The summed E-state index contributed by atoms with van der Waals surface area (Å²) in [6, 6.07) is 0.500. The van der Waals surface area contributed by atoms with Crippen molar-refractivity contribution in [3.05, 3.63) is 0 Å². The number of amides is 1. The Balaban J connectivity index is 1.99. The van der Waals surface area contributed by atoms with Gasteiger partial charge in [-0.1, -0.05) is 27.7 Å². The highest BCUT2D eigenvalue weighted by Crippen LogP contribution is 2.68. The van der Waals surface area contributed by atoms with Gasteiger partial charge in [-0.2, -0.15) is 0 Å². The monoisotopic (exact) mass is 181 g/mol. The smallest absolute Gasteiger partial charge is 0.224 e. The van der Waals surface area contributed by atoms with Crippen molar-refractivity contribution in [3.63, 3.8) is 0 Å². The molecule has 2 rings (SSSR count). The Bertz CT molecular complexity index is 237. The highest BCUT2D eigenvalue weighted by Gasteiger charge is 2.68. The molecule has 0 aliphatic heterocycles. The van der Waals surface area contributed by atoms with Gasteiger partial charge in [0.15, 0.2) is 0 Å². The van der Waals surface area contributed by atoms with Crippen molar-refractivity contribution < 1.29 is 4.79 Å². The summed E-state index contributed by atoms with van der Waals surface area (Å²) in [5, 5.41) is 3.09. The van der Waals surface area contributed by atoms with E-state index in [1.165, 1.54) is 12.8 Å². The summed E-state index contributed by atoms with van der Waals surface area (Å²) in [7, 11) is 0. The first-order chi connectivity index (χ1) is 5.87. The van der Waals surface area contributed by atoms with Crippen LogP contribution in [-0.4, -0.2) is 11.9 Å². The highest BCUT2D eigenvalue weighted by atomic mass is 16.2. The number of carbonyl (C=O) groups is 1. The lowest BCUT2D eigenvalue weighted by Gasteiger charge is -2.03. The Morgan fingerprint density at radius 2 is 1.62 bits per heavy atom. The second-order valence-corrected chi connectivity index (χ2v) is 5.66. The molecule has 2 aliphatic carbocycles. The topological polar surface area (TPSA) is 29.1 Å². The molecule has 0 radical (unpaired) electrons. The van der Waals surface area contributed by atoms with Crippen LogP contribution in [0.15, 0.2) is 0 Å². The van der Waals surface area contributed by atoms with Crippen molar-refractivity contribution >= 4 is 5.91 Å². The number of nitrogens with one attached hydrogen (secondary N) is 1. The standard InChI is InChI=1S/C11H19NO/c1-10(2)8(11(10,3)4)9(13)12-7-5-6-7/h7-8H,5-6H2,1-4H3,(H,12,13). The van der Waals surface area contributed by atoms with E-state index in [1.54, 1.807) is 0 Å². The zero-order valence-corrected chi connectivity index (χ0v) is 8.98. The normalized spacial score (nSPS) is 29.8. The number of hydrogen-bond donors (Lipinski definition) is 1. The molecule has 0 aromatic heterocycles. The van der Waals surface area contributed by atoms with Gasteiger partial charge < -0.3 is 5.32 Å². The van der Waals surface area contributed by atoms with E-state index < -0.39 is 0 Å². The lowest BCUT2D eigenvalue weighted by molar-refractivity contribution is -0.123. The fourth-order valence-electron chi connectivity index (χ4n) is 2.36. The molecule has 0 unspecified atom stereocenters.